The fourth-order valence-electron chi connectivity index (χ4n) is 1.93. The van der Waals surface area contributed by atoms with Gasteiger partial charge in [-0.25, -0.2) is 14.8 Å². The van der Waals surface area contributed by atoms with Gasteiger partial charge < -0.3 is 9.64 Å². The number of aromatic nitrogens is 2. The lowest BCUT2D eigenvalue weighted by Gasteiger charge is -2.30. The van der Waals surface area contributed by atoms with Crippen molar-refractivity contribution < 1.29 is 9.53 Å². The number of hydrogen-bond donors (Lipinski definition) is 0. The van der Waals surface area contributed by atoms with E-state index in [0.29, 0.717) is 11.6 Å². The van der Waals surface area contributed by atoms with Crippen LogP contribution in [0.3, 0.4) is 0 Å². The molecule has 2 heterocycles. The molecular formula is C12H17N3O2. The summed E-state index contributed by atoms with van der Waals surface area (Å²) in [6.07, 6.45) is 3.89. The molecule has 5 heteroatoms. The summed E-state index contributed by atoms with van der Waals surface area (Å²) in [5, 5.41) is 0. The Kier molecular flexibility index (Phi) is 3.56. The number of hydrogen-bond acceptors (Lipinski definition) is 5. The third-order valence-corrected chi connectivity index (χ3v) is 3.10. The zero-order chi connectivity index (χ0) is 12.3. The van der Waals surface area contributed by atoms with E-state index in [9.17, 15) is 4.79 Å². The number of methoxy groups -OCH3 is 1. The largest absolute Gasteiger partial charge is 0.464 e. The molecule has 1 aliphatic heterocycles. The average molecular weight is 235 g/mol. The normalized spacial score (nSPS) is 16.9. The van der Waals surface area contributed by atoms with Gasteiger partial charge in [-0.1, -0.05) is 6.92 Å². The number of anilines is 1. The Bertz CT molecular complexity index is 400. The van der Waals surface area contributed by atoms with E-state index in [-0.39, 0.29) is 0 Å². The SMILES string of the molecule is COC(=O)c1ccnc(N2CCC(C)CC2)n1. The number of esters is 1. The number of carbonyl (C=O) groups is 1. The van der Waals surface area contributed by atoms with Gasteiger partial charge in [0.05, 0.1) is 7.11 Å². The van der Waals surface area contributed by atoms with Gasteiger partial charge in [0.2, 0.25) is 5.95 Å². The molecule has 17 heavy (non-hydrogen) atoms. The monoisotopic (exact) mass is 235 g/mol. The summed E-state index contributed by atoms with van der Waals surface area (Å²) in [6.45, 7) is 4.15. The van der Waals surface area contributed by atoms with Gasteiger partial charge in [0, 0.05) is 19.3 Å². The highest BCUT2D eigenvalue weighted by Crippen LogP contribution is 2.19. The topological polar surface area (TPSA) is 55.3 Å². The molecule has 0 saturated carbocycles. The van der Waals surface area contributed by atoms with Crippen LogP contribution in [0.4, 0.5) is 5.95 Å². The van der Waals surface area contributed by atoms with Crippen LogP contribution in [0.2, 0.25) is 0 Å². The standard InChI is InChI=1S/C12H17N3O2/c1-9-4-7-15(8-5-9)12-13-6-3-10(14-12)11(16)17-2/h3,6,9H,4-5,7-8H2,1-2H3. The number of ether oxygens (including phenoxy) is 1. The molecule has 2 rings (SSSR count). The molecule has 1 aliphatic rings. The fourth-order valence-corrected chi connectivity index (χ4v) is 1.93. The summed E-state index contributed by atoms with van der Waals surface area (Å²) in [4.78, 5) is 21.9. The summed E-state index contributed by atoms with van der Waals surface area (Å²) in [7, 11) is 1.35. The smallest absolute Gasteiger partial charge is 0.356 e. The zero-order valence-electron chi connectivity index (χ0n) is 10.2. The Morgan fingerprint density at radius 3 is 2.82 bits per heavy atom. The molecular weight excluding hydrogens is 218 g/mol. The third-order valence-electron chi connectivity index (χ3n) is 3.10. The molecule has 1 saturated heterocycles. The minimum atomic E-state index is -0.418. The van der Waals surface area contributed by atoms with Crippen LogP contribution < -0.4 is 4.90 Å². The van der Waals surface area contributed by atoms with Gasteiger partial charge >= 0.3 is 5.97 Å². The van der Waals surface area contributed by atoms with Crippen molar-refractivity contribution in [1.29, 1.82) is 0 Å². The third kappa shape index (κ3) is 2.72. The molecule has 0 spiro atoms. The minimum Gasteiger partial charge on any atom is -0.464 e. The molecule has 5 nitrogen and oxygen atoms in total. The maximum Gasteiger partial charge on any atom is 0.356 e. The van der Waals surface area contributed by atoms with Crippen LogP contribution in [-0.2, 0) is 4.74 Å². The molecule has 0 N–H and O–H groups in total. The van der Waals surface area contributed by atoms with Gasteiger partial charge in [-0.3, -0.25) is 0 Å². The lowest BCUT2D eigenvalue weighted by Crippen LogP contribution is -2.34. The van der Waals surface area contributed by atoms with Crippen molar-refractivity contribution in [2.24, 2.45) is 5.92 Å². The molecule has 0 aliphatic carbocycles. The van der Waals surface area contributed by atoms with Gasteiger partial charge in [0.1, 0.15) is 0 Å². The lowest BCUT2D eigenvalue weighted by molar-refractivity contribution is 0.0594. The number of rotatable bonds is 2. The summed E-state index contributed by atoms with van der Waals surface area (Å²) >= 11 is 0. The Morgan fingerprint density at radius 1 is 1.47 bits per heavy atom. The Morgan fingerprint density at radius 2 is 2.18 bits per heavy atom. The van der Waals surface area contributed by atoms with E-state index >= 15 is 0 Å². The van der Waals surface area contributed by atoms with Crippen molar-refractivity contribution in [2.75, 3.05) is 25.1 Å². The van der Waals surface area contributed by atoms with Crippen molar-refractivity contribution >= 4 is 11.9 Å². The first kappa shape index (κ1) is 11.8. The van der Waals surface area contributed by atoms with Gasteiger partial charge in [0.15, 0.2) is 5.69 Å². The molecule has 92 valence electrons. The van der Waals surface area contributed by atoms with Crippen LogP contribution in [0, 0.1) is 5.92 Å². The second-order valence-electron chi connectivity index (χ2n) is 4.40. The molecule has 1 aromatic heterocycles. The number of piperidine rings is 1. The van der Waals surface area contributed by atoms with E-state index in [2.05, 4.69) is 26.5 Å². The van der Waals surface area contributed by atoms with Crippen LogP contribution in [0.25, 0.3) is 0 Å². The van der Waals surface area contributed by atoms with Crippen molar-refractivity contribution in [3.8, 4) is 0 Å². The first-order valence-corrected chi connectivity index (χ1v) is 5.87. The van der Waals surface area contributed by atoms with Gasteiger partial charge in [-0.05, 0) is 24.8 Å². The molecule has 0 atom stereocenters. The average Bonchev–Trinajstić information content (AvgIpc) is 2.39. The molecule has 0 bridgehead atoms. The molecule has 0 radical (unpaired) electrons. The highest BCUT2D eigenvalue weighted by molar-refractivity contribution is 5.87. The van der Waals surface area contributed by atoms with Crippen LogP contribution in [0.5, 0.6) is 0 Å². The maximum absolute atomic E-state index is 11.4. The molecule has 0 amide bonds. The highest BCUT2D eigenvalue weighted by Gasteiger charge is 2.19. The van der Waals surface area contributed by atoms with Crippen LogP contribution in [-0.4, -0.2) is 36.1 Å². The van der Waals surface area contributed by atoms with Crippen molar-refractivity contribution in [1.82, 2.24) is 9.97 Å². The summed E-state index contributed by atoms with van der Waals surface area (Å²) in [6, 6.07) is 1.57. The zero-order valence-corrected chi connectivity index (χ0v) is 10.2. The molecule has 0 unspecified atom stereocenters. The molecule has 1 fully saturated rings. The van der Waals surface area contributed by atoms with E-state index in [0.717, 1.165) is 31.8 Å². The predicted octanol–water partition coefficient (Wildman–Crippen LogP) is 1.50. The van der Waals surface area contributed by atoms with E-state index in [1.165, 1.54) is 7.11 Å². The van der Waals surface area contributed by atoms with E-state index in [4.69, 9.17) is 0 Å². The summed E-state index contributed by atoms with van der Waals surface area (Å²) < 4.78 is 4.65. The Balaban J connectivity index is 2.13. The maximum atomic E-state index is 11.4. The van der Waals surface area contributed by atoms with Crippen molar-refractivity contribution in [3.05, 3.63) is 18.0 Å². The fraction of sp³-hybridized carbons (Fsp3) is 0.583. The Hall–Kier alpha value is -1.65. The quantitative estimate of drug-likeness (QED) is 0.727. The first-order valence-electron chi connectivity index (χ1n) is 5.87. The van der Waals surface area contributed by atoms with E-state index < -0.39 is 5.97 Å². The van der Waals surface area contributed by atoms with Gasteiger partial charge in [-0.2, -0.15) is 0 Å². The van der Waals surface area contributed by atoms with Gasteiger partial charge in [0.25, 0.3) is 0 Å². The summed E-state index contributed by atoms with van der Waals surface area (Å²) in [5.74, 6) is 0.967. The Labute approximate surface area is 101 Å². The van der Waals surface area contributed by atoms with E-state index in [1.54, 1.807) is 12.3 Å². The highest BCUT2D eigenvalue weighted by atomic mass is 16.5. The number of nitrogens with zero attached hydrogens (tertiary/aromatic N) is 3. The van der Waals surface area contributed by atoms with Crippen molar-refractivity contribution in [2.45, 2.75) is 19.8 Å². The van der Waals surface area contributed by atoms with Crippen LogP contribution in [0.15, 0.2) is 12.3 Å². The lowest BCUT2D eigenvalue weighted by atomic mass is 10.00. The second-order valence-corrected chi connectivity index (χ2v) is 4.40. The van der Waals surface area contributed by atoms with Crippen LogP contribution in [0.1, 0.15) is 30.3 Å². The second kappa shape index (κ2) is 5.12. The van der Waals surface area contributed by atoms with E-state index in [1.807, 2.05) is 0 Å². The number of carbonyl (C=O) groups excluding carboxylic acids is 1. The predicted molar refractivity (Wildman–Crippen MR) is 64.0 cm³/mol. The van der Waals surface area contributed by atoms with Crippen LogP contribution >= 0.6 is 0 Å². The van der Waals surface area contributed by atoms with Gasteiger partial charge in [-0.15, -0.1) is 0 Å². The van der Waals surface area contributed by atoms with Crippen molar-refractivity contribution in [3.63, 3.8) is 0 Å². The summed E-state index contributed by atoms with van der Waals surface area (Å²) in [5.41, 5.74) is 0.316. The molecule has 1 aromatic rings. The minimum absolute atomic E-state index is 0.316. The molecule has 0 aromatic carbocycles. The first-order chi connectivity index (χ1) is 8.20.